The highest BCUT2D eigenvalue weighted by molar-refractivity contribution is 5.33. The molecule has 0 bridgehead atoms. The highest BCUT2D eigenvalue weighted by atomic mass is 14.0. The molecule has 13 heavy (non-hydrogen) atoms. The molecule has 0 amide bonds. The Hall–Kier alpha value is -0.780. The second-order valence-corrected chi connectivity index (χ2v) is 2.91. The Morgan fingerprint density at radius 1 is 0.923 bits per heavy atom. The minimum Gasteiger partial charge on any atom is -0.0683 e. The van der Waals surface area contributed by atoms with Crippen molar-refractivity contribution in [1.29, 1.82) is 0 Å². The first-order chi connectivity index (χ1) is 6.29. The van der Waals surface area contributed by atoms with Crippen molar-refractivity contribution < 1.29 is 0 Å². The van der Waals surface area contributed by atoms with Gasteiger partial charge in [-0.2, -0.15) is 0 Å². The fourth-order valence-electron chi connectivity index (χ4n) is 1.50. The van der Waals surface area contributed by atoms with E-state index in [1.807, 2.05) is 13.8 Å². The van der Waals surface area contributed by atoms with Crippen LogP contribution in [0, 0.1) is 6.92 Å². The Morgan fingerprint density at radius 3 is 1.62 bits per heavy atom. The van der Waals surface area contributed by atoms with E-state index in [9.17, 15) is 0 Å². The minimum atomic E-state index is 1.15. The van der Waals surface area contributed by atoms with Gasteiger partial charge in [-0.25, -0.2) is 0 Å². The highest BCUT2D eigenvalue weighted by Gasteiger charge is 1.98. The van der Waals surface area contributed by atoms with Crippen molar-refractivity contribution in [2.45, 2.75) is 47.5 Å². The summed E-state index contributed by atoms with van der Waals surface area (Å²) in [5.41, 5.74) is 4.46. The molecule has 1 aromatic rings. The fraction of sp³-hybridized carbons (Fsp3) is 0.538. The van der Waals surface area contributed by atoms with Crippen LogP contribution in [-0.4, -0.2) is 0 Å². The van der Waals surface area contributed by atoms with E-state index in [4.69, 9.17) is 0 Å². The molecule has 0 heteroatoms. The Kier molecular flexibility index (Phi) is 6.30. The summed E-state index contributed by atoms with van der Waals surface area (Å²) in [5, 5.41) is 0. The third-order valence-corrected chi connectivity index (χ3v) is 2.32. The Bertz CT molecular complexity index is 214. The first-order valence-electron chi connectivity index (χ1n) is 5.37. The summed E-state index contributed by atoms with van der Waals surface area (Å²) in [5.74, 6) is 0. The maximum absolute atomic E-state index is 2.22. The molecule has 0 heterocycles. The second-order valence-electron chi connectivity index (χ2n) is 2.91. The first-order valence-corrected chi connectivity index (χ1v) is 5.37. The lowest BCUT2D eigenvalue weighted by atomic mass is 9.99. The smallest absolute Gasteiger partial charge is 0.0305 e. The molecule has 0 N–H and O–H groups in total. The summed E-state index contributed by atoms with van der Waals surface area (Å²) in [6, 6.07) is 6.59. The predicted octanol–water partition coefficient (Wildman–Crippen LogP) is 4.15. The van der Waals surface area contributed by atoms with Gasteiger partial charge in [0.25, 0.3) is 0 Å². The number of rotatable bonds is 2. The molecule has 1 rings (SSSR count). The molecule has 0 aromatic heterocycles. The summed E-state index contributed by atoms with van der Waals surface area (Å²) in [7, 11) is 0. The number of aryl methyl sites for hydroxylation is 2. The van der Waals surface area contributed by atoms with E-state index in [1.54, 1.807) is 0 Å². The van der Waals surface area contributed by atoms with E-state index in [0.29, 0.717) is 0 Å². The van der Waals surface area contributed by atoms with Crippen LogP contribution in [-0.2, 0) is 12.8 Å². The van der Waals surface area contributed by atoms with E-state index in [-0.39, 0.29) is 0 Å². The lowest BCUT2D eigenvalue weighted by Gasteiger charge is -2.06. The third kappa shape index (κ3) is 3.22. The maximum Gasteiger partial charge on any atom is -0.0305 e. The van der Waals surface area contributed by atoms with Crippen molar-refractivity contribution in [2.24, 2.45) is 0 Å². The van der Waals surface area contributed by atoms with Crippen molar-refractivity contribution in [3.63, 3.8) is 0 Å². The molecule has 0 fully saturated rings. The van der Waals surface area contributed by atoms with Crippen molar-refractivity contribution in [2.75, 3.05) is 0 Å². The Balaban J connectivity index is 0.000000671. The average molecular weight is 178 g/mol. The summed E-state index contributed by atoms with van der Waals surface area (Å²) in [4.78, 5) is 0. The van der Waals surface area contributed by atoms with Crippen LogP contribution < -0.4 is 0 Å². The second kappa shape index (κ2) is 6.71. The van der Waals surface area contributed by atoms with Crippen molar-refractivity contribution in [1.82, 2.24) is 0 Å². The van der Waals surface area contributed by atoms with E-state index >= 15 is 0 Å². The molecule has 0 unspecified atom stereocenters. The molecule has 0 saturated carbocycles. The standard InChI is InChI=1S/C11H16.C2H6/c1-4-10-7-6-8-11(5-2)9(10)3;1-2/h6-8H,4-5H2,1-3H3;1-2H3. The van der Waals surface area contributed by atoms with Gasteiger partial charge in [0.2, 0.25) is 0 Å². The molecule has 0 aliphatic heterocycles. The zero-order valence-corrected chi connectivity index (χ0v) is 9.65. The molecule has 0 saturated heterocycles. The van der Waals surface area contributed by atoms with Gasteiger partial charge in [-0.3, -0.25) is 0 Å². The largest absolute Gasteiger partial charge is 0.0683 e. The molecule has 0 spiro atoms. The van der Waals surface area contributed by atoms with Gasteiger partial charge in [0.05, 0.1) is 0 Å². The van der Waals surface area contributed by atoms with Crippen LogP contribution in [0.2, 0.25) is 0 Å². The Morgan fingerprint density at radius 2 is 1.31 bits per heavy atom. The van der Waals surface area contributed by atoms with Crippen LogP contribution in [0.5, 0.6) is 0 Å². The van der Waals surface area contributed by atoms with Crippen LogP contribution in [0.4, 0.5) is 0 Å². The average Bonchev–Trinajstić information content (AvgIpc) is 2.21. The summed E-state index contributed by atoms with van der Waals surface area (Å²) in [6.45, 7) is 10.6. The fourth-order valence-corrected chi connectivity index (χ4v) is 1.50. The quantitative estimate of drug-likeness (QED) is 0.638. The van der Waals surface area contributed by atoms with Gasteiger partial charge in [0.1, 0.15) is 0 Å². The monoisotopic (exact) mass is 178 g/mol. The topological polar surface area (TPSA) is 0 Å². The summed E-state index contributed by atoms with van der Waals surface area (Å²) >= 11 is 0. The predicted molar refractivity (Wildman–Crippen MR) is 61.3 cm³/mol. The lowest BCUT2D eigenvalue weighted by Crippen LogP contribution is -1.91. The van der Waals surface area contributed by atoms with E-state index in [2.05, 4.69) is 39.0 Å². The normalized spacial score (nSPS) is 9.00. The van der Waals surface area contributed by atoms with E-state index in [1.165, 1.54) is 16.7 Å². The van der Waals surface area contributed by atoms with Gasteiger partial charge >= 0.3 is 0 Å². The van der Waals surface area contributed by atoms with Gasteiger partial charge in [0.15, 0.2) is 0 Å². The Labute approximate surface area is 83.0 Å². The lowest BCUT2D eigenvalue weighted by molar-refractivity contribution is 1.05. The number of hydrogen-bond donors (Lipinski definition) is 0. The van der Waals surface area contributed by atoms with E-state index < -0.39 is 0 Å². The molecule has 0 atom stereocenters. The number of hydrogen-bond acceptors (Lipinski definition) is 0. The molecular formula is C13H22. The minimum absolute atomic E-state index is 1.15. The zero-order chi connectivity index (χ0) is 10.3. The first kappa shape index (κ1) is 12.2. The highest BCUT2D eigenvalue weighted by Crippen LogP contribution is 2.14. The van der Waals surface area contributed by atoms with Gasteiger partial charge in [-0.15, -0.1) is 0 Å². The van der Waals surface area contributed by atoms with E-state index in [0.717, 1.165) is 12.8 Å². The van der Waals surface area contributed by atoms with Gasteiger partial charge in [-0.1, -0.05) is 45.9 Å². The van der Waals surface area contributed by atoms with Crippen molar-refractivity contribution in [3.8, 4) is 0 Å². The molecule has 0 radical (unpaired) electrons. The number of benzene rings is 1. The molecule has 0 nitrogen and oxygen atoms in total. The van der Waals surface area contributed by atoms with Crippen LogP contribution in [0.15, 0.2) is 18.2 Å². The van der Waals surface area contributed by atoms with Gasteiger partial charge in [0, 0.05) is 0 Å². The van der Waals surface area contributed by atoms with Crippen LogP contribution in [0.3, 0.4) is 0 Å². The van der Waals surface area contributed by atoms with Crippen molar-refractivity contribution >= 4 is 0 Å². The molecule has 0 aliphatic rings. The maximum atomic E-state index is 2.22. The van der Waals surface area contributed by atoms with Gasteiger partial charge < -0.3 is 0 Å². The van der Waals surface area contributed by atoms with Crippen LogP contribution >= 0.6 is 0 Å². The molecular weight excluding hydrogens is 156 g/mol. The third-order valence-electron chi connectivity index (χ3n) is 2.32. The van der Waals surface area contributed by atoms with Crippen molar-refractivity contribution in [3.05, 3.63) is 34.9 Å². The summed E-state index contributed by atoms with van der Waals surface area (Å²) < 4.78 is 0. The zero-order valence-electron chi connectivity index (χ0n) is 9.65. The van der Waals surface area contributed by atoms with Crippen LogP contribution in [0.25, 0.3) is 0 Å². The van der Waals surface area contributed by atoms with Gasteiger partial charge in [-0.05, 0) is 36.5 Å². The van der Waals surface area contributed by atoms with Crippen LogP contribution in [0.1, 0.15) is 44.4 Å². The molecule has 0 aliphatic carbocycles. The summed E-state index contributed by atoms with van der Waals surface area (Å²) in [6.07, 6.45) is 2.30. The molecule has 1 aromatic carbocycles. The SMILES string of the molecule is CC.CCc1cccc(CC)c1C. The molecule has 74 valence electrons.